The molecular formula is C10H15ClN2O. The summed E-state index contributed by atoms with van der Waals surface area (Å²) < 4.78 is 0. The molecule has 1 rings (SSSR count). The maximum Gasteiger partial charge on any atom is 0.133 e. The average molecular weight is 215 g/mol. The van der Waals surface area contributed by atoms with E-state index in [0.29, 0.717) is 11.7 Å². The Bertz CT molecular complexity index is 281. The van der Waals surface area contributed by atoms with Crippen molar-refractivity contribution in [1.29, 1.82) is 0 Å². The van der Waals surface area contributed by atoms with Gasteiger partial charge < -0.3 is 10.4 Å². The van der Waals surface area contributed by atoms with Gasteiger partial charge in [-0.05, 0) is 12.0 Å². The van der Waals surface area contributed by atoms with E-state index in [2.05, 4.69) is 10.3 Å². The fourth-order valence-corrected chi connectivity index (χ4v) is 1.26. The summed E-state index contributed by atoms with van der Waals surface area (Å²) in [5.74, 6) is 0.269. The molecule has 0 saturated carbocycles. The molecular weight excluding hydrogens is 200 g/mol. The first-order valence-corrected chi connectivity index (χ1v) is 5.02. The van der Waals surface area contributed by atoms with E-state index in [1.807, 2.05) is 19.1 Å². The van der Waals surface area contributed by atoms with Crippen LogP contribution in [0.15, 0.2) is 18.3 Å². The minimum atomic E-state index is 0.202. The lowest BCUT2D eigenvalue weighted by molar-refractivity contribution is 0.233. The van der Waals surface area contributed by atoms with Crippen LogP contribution in [0.4, 0.5) is 0 Å². The summed E-state index contributed by atoms with van der Waals surface area (Å²) in [6.45, 7) is 3.66. The van der Waals surface area contributed by atoms with Crippen molar-refractivity contribution >= 4 is 11.6 Å². The van der Waals surface area contributed by atoms with Gasteiger partial charge in [-0.1, -0.05) is 24.6 Å². The molecule has 0 aromatic carbocycles. The molecule has 0 fully saturated rings. The monoisotopic (exact) mass is 214 g/mol. The van der Waals surface area contributed by atoms with Gasteiger partial charge in [0.2, 0.25) is 0 Å². The van der Waals surface area contributed by atoms with Gasteiger partial charge in [-0.15, -0.1) is 0 Å². The number of aliphatic hydroxyl groups excluding tert-OH is 1. The van der Waals surface area contributed by atoms with Gasteiger partial charge in [-0.2, -0.15) is 0 Å². The van der Waals surface area contributed by atoms with Gasteiger partial charge in [0, 0.05) is 31.5 Å². The number of nitrogens with one attached hydrogen (secondary N) is 1. The third-order valence-electron chi connectivity index (χ3n) is 1.96. The molecule has 0 amide bonds. The number of hydrogen-bond acceptors (Lipinski definition) is 3. The predicted molar refractivity (Wildman–Crippen MR) is 57.2 cm³/mol. The highest BCUT2D eigenvalue weighted by molar-refractivity contribution is 6.30. The highest BCUT2D eigenvalue weighted by Crippen LogP contribution is 2.10. The van der Waals surface area contributed by atoms with E-state index in [1.165, 1.54) is 0 Å². The van der Waals surface area contributed by atoms with Crippen LogP contribution in [-0.4, -0.2) is 23.2 Å². The number of aliphatic hydroxyl groups is 1. The summed E-state index contributed by atoms with van der Waals surface area (Å²) >= 11 is 5.87. The SMILES string of the molecule is CC(CO)CNCc1cccnc1Cl. The molecule has 0 saturated heterocycles. The zero-order valence-corrected chi connectivity index (χ0v) is 8.96. The molecule has 1 heterocycles. The highest BCUT2D eigenvalue weighted by Gasteiger charge is 2.01. The van der Waals surface area contributed by atoms with Crippen LogP contribution in [0.25, 0.3) is 0 Å². The molecule has 1 unspecified atom stereocenters. The van der Waals surface area contributed by atoms with Crippen molar-refractivity contribution in [3.8, 4) is 0 Å². The van der Waals surface area contributed by atoms with Crippen molar-refractivity contribution in [2.24, 2.45) is 5.92 Å². The molecule has 0 aliphatic carbocycles. The van der Waals surface area contributed by atoms with Crippen LogP contribution >= 0.6 is 11.6 Å². The van der Waals surface area contributed by atoms with Gasteiger partial charge in [0.1, 0.15) is 5.15 Å². The summed E-state index contributed by atoms with van der Waals surface area (Å²) in [4.78, 5) is 3.97. The van der Waals surface area contributed by atoms with Gasteiger partial charge in [0.05, 0.1) is 0 Å². The van der Waals surface area contributed by atoms with Gasteiger partial charge in [0.25, 0.3) is 0 Å². The van der Waals surface area contributed by atoms with Crippen molar-refractivity contribution in [3.63, 3.8) is 0 Å². The Labute approximate surface area is 89.1 Å². The minimum absolute atomic E-state index is 0.202. The van der Waals surface area contributed by atoms with Crippen LogP contribution in [0.1, 0.15) is 12.5 Å². The number of rotatable bonds is 5. The lowest BCUT2D eigenvalue weighted by atomic mass is 10.2. The van der Waals surface area contributed by atoms with Crippen molar-refractivity contribution in [2.75, 3.05) is 13.2 Å². The van der Waals surface area contributed by atoms with E-state index in [4.69, 9.17) is 16.7 Å². The molecule has 1 atom stereocenters. The Morgan fingerprint density at radius 1 is 1.64 bits per heavy atom. The number of halogens is 1. The van der Waals surface area contributed by atoms with Gasteiger partial charge in [-0.3, -0.25) is 0 Å². The molecule has 0 bridgehead atoms. The van der Waals surface area contributed by atoms with Crippen LogP contribution in [0.2, 0.25) is 5.15 Å². The molecule has 1 aromatic rings. The first-order chi connectivity index (χ1) is 6.74. The molecule has 14 heavy (non-hydrogen) atoms. The second kappa shape index (κ2) is 5.96. The largest absolute Gasteiger partial charge is 0.396 e. The molecule has 0 radical (unpaired) electrons. The Morgan fingerprint density at radius 2 is 2.43 bits per heavy atom. The van der Waals surface area contributed by atoms with Crippen molar-refractivity contribution in [1.82, 2.24) is 10.3 Å². The quantitative estimate of drug-likeness (QED) is 0.730. The zero-order valence-electron chi connectivity index (χ0n) is 8.20. The van der Waals surface area contributed by atoms with E-state index in [1.54, 1.807) is 6.20 Å². The molecule has 0 aliphatic rings. The molecule has 4 heteroatoms. The van der Waals surface area contributed by atoms with Crippen molar-refractivity contribution in [2.45, 2.75) is 13.5 Å². The van der Waals surface area contributed by atoms with Gasteiger partial charge >= 0.3 is 0 Å². The first kappa shape index (κ1) is 11.4. The lowest BCUT2D eigenvalue weighted by Gasteiger charge is -2.09. The van der Waals surface area contributed by atoms with Crippen LogP contribution in [0.3, 0.4) is 0 Å². The van der Waals surface area contributed by atoms with E-state index in [-0.39, 0.29) is 12.5 Å². The fraction of sp³-hybridized carbons (Fsp3) is 0.500. The first-order valence-electron chi connectivity index (χ1n) is 4.65. The Kier molecular flexibility index (Phi) is 4.87. The molecule has 0 aliphatic heterocycles. The summed E-state index contributed by atoms with van der Waals surface area (Å²) in [5.41, 5.74) is 0.985. The second-order valence-corrected chi connectivity index (χ2v) is 3.73. The smallest absolute Gasteiger partial charge is 0.133 e. The molecule has 78 valence electrons. The number of hydrogen-bond donors (Lipinski definition) is 2. The zero-order chi connectivity index (χ0) is 10.4. The molecule has 0 spiro atoms. The summed E-state index contributed by atoms with van der Waals surface area (Å²) in [6.07, 6.45) is 1.67. The third-order valence-corrected chi connectivity index (χ3v) is 2.30. The molecule has 2 N–H and O–H groups in total. The van der Waals surface area contributed by atoms with E-state index in [0.717, 1.165) is 12.1 Å². The Hall–Kier alpha value is -0.640. The summed E-state index contributed by atoms with van der Waals surface area (Å²) in [5, 5.41) is 12.6. The van der Waals surface area contributed by atoms with Gasteiger partial charge in [0.15, 0.2) is 0 Å². The normalized spacial score (nSPS) is 12.8. The highest BCUT2D eigenvalue weighted by atomic mass is 35.5. The number of pyridine rings is 1. The topological polar surface area (TPSA) is 45.1 Å². The van der Waals surface area contributed by atoms with E-state index >= 15 is 0 Å². The molecule has 3 nitrogen and oxygen atoms in total. The lowest BCUT2D eigenvalue weighted by Crippen LogP contribution is -2.22. The standard InChI is InChI=1S/C10H15ClN2O/c1-8(7-14)5-12-6-9-3-2-4-13-10(9)11/h2-4,8,12,14H,5-7H2,1H3. The minimum Gasteiger partial charge on any atom is -0.396 e. The predicted octanol–water partition coefficient (Wildman–Crippen LogP) is 1.45. The van der Waals surface area contributed by atoms with E-state index < -0.39 is 0 Å². The van der Waals surface area contributed by atoms with Crippen LogP contribution in [0.5, 0.6) is 0 Å². The maximum atomic E-state index is 8.81. The number of nitrogens with zero attached hydrogens (tertiary/aromatic N) is 1. The fourth-order valence-electron chi connectivity index (χ4n) is 1.07. The van der Waals surface area contributed by atoms with E-state index in [9.17, 15) is 0 Å². The second-order valence-electron chi connectivity index (χ2n) is 3.37. The van der Waals surface area contributed by atoms with Crippen LogP contribution in [0, 0.1) is 5.92 Å². The van der Waals surface area contributed by atoms with Gasteiger partial charge in [-0.25, -0.2) is 4.98 Å². The Balaban J connectivity index is 2.35. The van der Waals surface area contributed by atoms with Crippen LogP contribution < -0.4 is 5.32 Å². The molecule has 1 aromatic heterocycles. The van der Waals surface area contributed by atoms with Crippen LogP contribution in [-0.2, 0) is 6.54 Å². The third kappa shape index (κ3) is 3.62. The summed E-state index contributed by atoms with van der Waals surface area (Å²) in [7, 11) is 0. The number of aromatic nitrogens is 1. The summed E-state index contributed by atoms with van der Waals surface area (Å²) in [6, 6.07) is 3.80. The van der Waals surface area contributed by atoms with Crippen molar-refractivity contribution in [3.05, 3.63) is 29.0 Å². The van der Waals surface area contributed by atoms with Crippen molar-refractivity contribution < 1.29 is 5.11 Å². The average Bonchev–Trinajstić information content (AvgIpc) is 2.20. The maximum absolute atomic E-state index is 8.81. The Morgan fingerprint density at radius 3 is 3.07 bits per heavy atom.